The molecule has 0 aliphatic heterocycles. The van der Waals surface area contributed by atoms with Gasteiger partial charge in [0.25, 0.3) is 11.4 Å². The van der Waals surface area contributed by atoms with Gasteiger partial charge in [-0.15, -0.1) is 79.4 Å². The minimum Gasteiger partial charge on any atom is -0.227 e. The summed E-state index contributed by atoms with van der Waals surface area (Å²) >= 11 is 12.5. The first kappa shape index (κ1) is 21.2. The van der Waals surface area contributed by atoms with Crippen LogP contribution in [-0.4, -0.2) is 0 Å². The van der Waals surface area contributed by atoms with Gasteiger partial charge in [0, 0.05) is 19.2 Å². The molecule has 0 fully saturated rings. The van der Waals surface area contributed by atoms with Crippen LogP contribution in [-0.2, 0) is 0 Å². The highest BCUT2D eigenvalue weighted by molar-refractivity contribution is 7.51. The highest BCUT2D eigenvalue weighted by Crippen LogP contribution is 2.57. The zero-order chi connectivity index (χ0) is 23.8. The van der Waals surface area contributed by atoms with E-state index in [1.807, 2.05) is 46.1 Å². The molecule has 0 aliphatic rings. The summed E-state index contributed by atoms with van der Waals surface area (Å²) in [5.74, 6) is 0. The predicted molar refractivity (Wildman–Crippen MR) is 157 cm³/mol. The number of fused-ring (bicyclic) bond motifs is 11. The van der Waals surface area contributed by atoms with Crippen LogP contribution in [0.1, 0.15) is 9.75 Å². The molecule has 0 unspecified atom stereocenters. The average Bonchev–Trinajstić information content (AvgIpc) is 3.67. The Kier molecular flexibility index (Phi) is 4.66. The molecule has 0 atom stereocenters. The number of hydrogen-bond acceptors (Lipinski definition) is 9. The number of thiophene rings is 7. The van der Waals surface area contributed by atoms with Crippen molar-refractivity contribution in [3.8, 4) is 12.1 Å². The Bertz CT molecular complexity index is 2080. The number of nitriles is 2. The van der Waals surface area contributed by atoms with Gasteiger partial charge in [0.2, 0.25) is 0 Å². The summed E-state index contributed by atoms with van der Waals surface area (Å²) in [6, 6.07) is 8.07. The van der Waals surface area contributed by atoms with Gasteiger partial charge in [-0.05, 0) is 24.3 Å². The van der Waals surface area contributed by atoms with Gasteiger partial charge in [-0.2, -0.15) is 0 Å². The van der Waals surface area contributed by atoms with Crippen molar-refractivity contribution in [3.05, 3.63) is 56.1 Å². The molecular weight excluding hydrogens is 569 g/mol. The minimum absolute atomic E-state index is 0.110. The normalized spacial score (nSPS) is 12.8. The van der Waals surface area contributed by atoms with Gasteiger partial charge in [0.05, 0.1) is 72.3 Å². The first-order valence-corrected chi connectivity index (χ1v) is 15.5. The molecule has 0 N–H and O–H groups in total. The van der Waals surface area contributed by atoms with E-state index in [1.165, 1.54) is 56.4 Å². The fourth-order valence-corrected chi connectivity index (χ4v) is 14.3. The van der Waals surface area contributed by atoms with Crippen molar-refractivity contribution in [1.82, 2.24) is 0 Å². The Balaban J connectivity index is 1.41. The lowest BCUT2D eigenvalue weighted by Gasteiger charge is -1.84. The van der Waals surface area contributed by atoms with E-state index in [9.17, 15) is 0 Å². The van der Waals surface area contributed by atoms with Crippen LogP contribution in [0, 0.1) is 35.8 Å². The molecule has 0 radical (unpaired) electrons. The summed E-state index contributed by atoms with van der Waals surface area (Å²) in [5, 5.41) is 18.2. The van der Waals surface area contributed by atoms with Crippen molar-refractivity contribution in [2.24, 2.45) is 0 Å². The lowest BCUT2D eigenvalue weighted by atomic mass is 10.3. The summed E-state index contributed by atoms with van der Waals surface area (Å²) < 4.78 is 15.6. The molecule has 7 aromatic rings. The minimum atomic E-state index is 0.110. The molecule has 11 heteroatoms. The Morgan fingerprint density at radius 1 is 0.571 bits per heavy atom. The van der Waals surface area contributed by atoms with Gasteiger partial charge in [0.1, 0.15) is 0 Å². The fourth-order valence-electron chi connectivity index (χ4n) is 3.94. The third-order valence-electron chi connectivity index (χ3n) is 5.35. The molecule has 0 aromatic carbocycles. The van der Waals surface area contributed by atoms with Crippen molar-refractivity contribution >= 4 is 148 Å². The maximum absolute atomic E-state index is 9.08. The van der Waals surface area contributed by atoms with E-state index in [0.717, 1.165) is 9.75 Å². The van der Waals surface area contributed by atoms with E-state index in [1.54, 1.807) is 57.5 Å². The standard InChI is InChI=1S/C24H4N4S7/c1-27-9(7-25)3-11-5-13-15(29-11)17-19(31-13)21-23(33-17)24-22(35-21)20-18(34-24)16-14(32-20)6-12(30-16)4-10(8-26)28-2/h3-6H/b9-3-,10-4+. The summed E-state index contributed by atoms with van der Waals surface area (Å²) in [4.78, 5) is 8.45. The molecule has 7 rings (SSSR count). The van der Waals surface area contributed by atoms with Gasteiger partial charge in [-0.1, -0.05) is 0 Å². The Hall–Kier alpha value is -3.10. The lowest BCUT2D eigenvalue weighted by molar-refractivity contribution is 1.51. The lowest BCUT2D eigenvalue weighted by Crippen LogP contribution is -1.65. The van der Waals surface area contributed by atoms with Crippen LogP contribution in [0.4, 0.5) is 0 Å². The summed E-state index contributed by atoms with van der Waals surface area (Å²) in [5.41, 5.74) is 0.221. The predicted octanol–water partition coefficient (Wildman–Crippen LogP) is 10.6. The van der Waals surface area contributed by atoms with Crippen molar-refractivity contribution in [3.63, 3.8) is 0 Å². The van der Waals surface area contributed by atoms with Crippen molar-refractivity contribution in [1.29, 1.82) is 10.5 Å². The van der Waals surface area contributed by atoms with Crippen LogP contribution < -0.4 is 0 Å². The van der Waals surface area contributed by atoms with E-state index in [2.05, 4.69) is 21.8 Å². The second-order valence-corrected chi connectivity index (χ2v) is 14.7. The molecule has 0 saturated carbocycles. The summed E-state index contributed by atoms with van der Waals surface area (Å²) in [7, 11) is 0. The second kappa shape index (κ2) is 7.70. The zero-order valence-corrected chi connectivity index (χ0v) is 22.7. The van der Waals surface area contributed by atoms with E-state index in [0.29, 0.717) is 0 Å². The molecule has 4 nitrogen and oxygen atoms in total. The van der Waals surface area contributed by atoms with Crippen molar-refractivity contribution in [2.45, 2.75) is 0 Å². The maximum atomic E-state index is 9.08. The van der Waals surface area contributed by atoms with Crippen LogP contribution in [0.2, 0.25) is 0 Å². The molecule has 7 aromatic heterocycles. The largest absolute Gasteiger partial charge is 0.263 e. The number of rotatable bonds is 2. The monoisotopic (exact) mass is 572 g/mol. The molecule has 0 bridgehead atoms. The van der Waals surface area contributed by atoms with Gasteiger partial charge in [-0.25, -0.2) is 20.2 Å². The molecule has 0 saturated heterocycles. The van der Waals surface area contributed by atoms with E-state index >= 15 is 0 Å². The Labute approximate surface area is 225 Å². The van der Waals surface area contributed by atoms with Gasteiger partial charge < -0.3 is 0 Å². The molecule has 0 aliphatic carbocycles. The zero-order valence-electron chi connectivity index (χ0n) is 17.0. The third-order valence-corrected chi connectivity index (χ3v) is 15.0. The van der Waals surface area contributed by atoms with Gasteiger partial charge in [0.15, 0.2) is 0 Å². The van der Waals surface area contributed by atoms with Gasteiger partial charge in [-0.3, -0.25) is 0 Å². The molecule has 0 spiro atoms. The summed E-state index contributed by atoms with van der Waals surface area (Å²) in [6.07, 6.45) is 3.34. The second-order valence-electron chi connectivity index (χ2n) is 7.33. The number of hydrogen-bond donors (Lipinski definition) is 0. The van der Waals surface area contributed by atoms with Crippen molar-refractivity contribution in [2.75, 3.05) is 0 Å². The first-order valence-electron chi connectivity index (χ1n) is 9.76. The molecule has 7 heterocycles. The van der Waals surface area contributed by atoms with Gasteiger partial charge >= 0.3 is 0 Å². The summed E-state index contributed by atoms with van der Waals surface area (Å²) in [6.45, 7) is 14.2. The highest BCUT2D eigenvalue weighted by Gasteiger charge is 2.23. The topological polar surface area (TPSA) is 56.3 Å². The van der Waals surface area contributed by atoms with E-state index in [-0.39, 0.29) is 11.4 Å². The van der Waals surface area contributed by atoms with Crippen LogP contribution >= 0.6 is 79.4 Å². The molecule has 35 heavy (non-hydrogen) atoms. The quantitative estimate of drug-likeness (QED) is 0.153. The van der Waals surface area contributed by atoms with Crippen LogP contribution in [0.15, 0.2) is 23.5 Å². The van der Waals surface area contributed by atoms with E-state index < -0.39 is 0 Å². The molecular formula is C24H4N4S7. The third kappa shape index (κ3) is 2.99. The molecule has 0 amide bonds. The number of allylic oxidation sites excluding steroid dienone is 2. The van der Waals surface area contributed by atoms with E-state index in [4.69, 9.17) is 23.7 Å². The maximum Gasteiger partial charge on any atom is 0.263 e. The smallest absolute Gasteiger partial charge is 0.227 e. The van der Waals surface area contributed by atoms with Crippen LogP contribution in [0.3, 0.4) is 0 Å². The molecule has 162 valence electrons. The number of nitrogens with zero attached hydrogens (tertiary/aromatic N) is 4. The average molecular weight is 573 g/mol. The van der Waals surface area contributed by atoms with Crippen molar-refractivity contribution < 1.29 is 0 Å². The highest BCUT2D eigenvalue weighted by atomic mass is 32.1. The fraction of sp³-hybridized carbons (Fsp3) is 0. The van der Waals surface area contributed by atoms with Crippen LogP contribution in [0.25, 0.3) is 78.2 Å². The SMILES string of the molecule is [C-]#[N+]/C(C#N)=C\c1cc2sc3c(sc4c3sc3c5sc6cc(/C=C(\C#N)[N+]#[C-])sc6c5sc34)c2s1. The Morgan fingerprint density at radius 3 is 1.26 bits per heavy atom. The Morgan fingerprint density at radius 2 is 0.914 bits per heavy atom. The first-order chi connectivity index (χ1) is 17.1. The van der Waals surface area contributed by atoms with Crippen LogP contribution in [0.5, 0.6) is 0 Å².